The first-order valence-electron chi connectivity index (χ1n) is 7.03. The van der Waals surface area contributed by atoms with Gasteiger partial charge in [-0.15, -0.1) is 0 Å². The highest BCUT2D eigenvalue weighted by molar-refractivity contribution is 5.86. The van der Waals surface area contributed by atoms with Gasteiger partial charge in [0.15, 0.2) is 11.9 Å². The molecule has 4 rings (SSSR count). The normalized spacial score (nSPS) is 27.8. The number of aliphatic hydroxyl groups is 3. The molecule has 3 aromatic heterocycles. The van der Waals surface area contributed by atoms with Gasteiger partial charge in [0, 0.05) is 5.56 Å². The number of hydrogen-bond acceptors (Lipinski definition) is 8. The Hall–Kier alpha value is -2.33. The van der Waals surface area contributed by atoms with Crippen LogP contribution in [0.15, 0.2) is 35.7 Å². The van der Waals surface area contributed by atoms with Crippen molar-refractivity contribution in [2.75, 3.05) is 6.61 Å². The number of fused-ring (bicyclic) bond motifs is 1. The first-order chi connectivity index (χ1) is 11.2. The molecule has 120 valence electrons. The van der Waals surface area contributed by atoms with Crippen molar-refractivity contribution in [3.8, 4) is 11.3 Å². The van der Waals surface area contributed by atoms with E-state index in [1.165, 1.54) is 23.5 Å². The third-order valence-corrected chi connectivity index (χ3v) is 3.94. The monoisotopic (exact) mass is 318 g/mol. The Morgan fingerprint density at radius 3 is 2.74 bits per heavy atom. The summed E-state index contributed by atoms with van der Waals surface area (Å²) in [5.74, 6) is 0. The minimum atomic E-state index is -1.20. The Morgan fingerprint density at radius 2 is 2.04 bits per heavy atom. The molecular formula is C14H14N4O5. The van der Waals surface area contributed by atoms with Crippen molar-refractivity contribution < 1.29 is 24.5 Å². The minimum absolute atomic E-state index is 0.392. The van der Waals surface area contributed by atoms with E-state index < -0.39 is 31.1 Å². The molecular weight excluding hydrogens is 304 g/mol. The second kappa shape index (κ2) is 5.39. The molecule has 0 spiro atoms. The first kappa shape index (κ1) is 14.3. The molecule has 9 nitrogen and oxygen atoms in total. The van der Waals surface area contributed by atoms with Crippen LogP contribution in [0.2, 0.25) is 0 Å². The minimum Gasteiger partial charge on any atom is -0.472 e. The average molecular weight is 318 g/mol. The Labute approximate surface area is 129 Å². The van der Waals surface area contributed by atoms with Crippen LogP contribution >= 0.6 is 0 Å². The van der Waals surface area contributed by atoms with Crippen LogP contribution in [-0.4, -0.2) is 59.8 Å². The lowest BCUT2D eigenvalue weighted by Crippen LogP contribution is -2.33. The Balaban J connectivity index is 1.80. The number of nitrogens with zero attached hydrogens (tertiary/aromatic N) is 4. The number of rotatable bonds is 3. The Kier molecular flexibility index (Phi) is 3.34. The predicted molar refractivity (Wildman–Crippen MR) is 76.0 cm³/mol. The topological polar surface area (TPSA) is 127 Å². The molecule has 4 atom stereocenters. The van der Waals surface area contributed by atoms with Gasteiger partial charge in [-0.3, -0.25) is 4.57 Å². The molecule has 1 aliphatic heterocycles. The molecule has 0 bridgehead atoms. The highest BCUT2D eigenvalue weighted by Crippen LogP contribution is 2.32. The van der Waals surface area contributed by atoms with Crippen LogP contribution in [0.4, 0.5) is 0 Å². The standard InChI is InChI=1S/C14H14N4O5/c19-3-8-11(20)12(21)14(23-8)18-6-17-10-9(7-1-2-22-4-7)15-5-16-13(10)18/h1-2,4-6,8,11-12,14,19-21H,3H2. The van der Waals surface area contributed by atoms with Gasteiger partial charge in [0.05, 0.1) is 25.5 Å². The molecule has 3 N–H and O–H groups in total. The van der Waals surface area contributed by atoms with Crippen LogP contribution in [0, 0.1) is 0 Å². The summed E-state index contributed by atoms with van der Waals surface area (Å²) < 4.78 is 12.1. The van der Waals surface area contributed by atoms with E-state index in [2.05, 4.69) is 15.0 Å². The SMILES string of the molecule is OCC1OC(n2cnc3c(-c4ccoc4)ncnc32)C(O)C1O. The van der Waals surface area contributed by atoms with Gasteiger partial charge in [0.1, 0.15) is 35.8 Å². The third kappa shape index (κ3) is 2.13. The van der Waals surface area contributed by atoms with Crippen molar-refractivity contribution in [2.45, 2.75) is 24.5 Å². The quantitative estimate of drug-likeness (QED) is 0.600. The van der Waals surface area contributed by atoms with E-state index in [-0.39, 0.29) is 0 Å². The lowest BCUT2D eigenvalue weighted by molar-refractivity contribution is -0.0511. The number of aliphatic hydroxyl groups excluding tert-OH is 3. The zero-order chi connectivity index (χ0) is 16.0. The summed E-state index contributed by atoms with van der Waals surface area (Å²) in [6.07, 6.45) is 1.80. The summed E-state index contributed by atoms with van der Waals surface area (Å²) >= 11 is 0. The van der Waals surface area contributed by atoms with Crippen molar-refractivity contribution in [3.63, 3.8) is 0 Å². The fraction of sp³-hybridized carbons (Fsp3) is 0.357. The second-order valence-corrected chi connectivity index (χ2v) is 5.29. The molecule has 0 amide bonds. The zero-order valence-corrected chi connectivity index (χ0v) is 11.9. The molecule has 1 fully saturated rings. The van der Waals surface area contributed by atoms with Gasteiger partial charge >= 0.3 is 0 Å². The fourth-order valence-corrected chi connectivity index (χ4v) is 2.76. The molecule has 23 heavy (non-hydrogen) atoms. The van der Waals surface area contributed by atoms with Gasteiger partial charge < -0.3 is 24.5 Å². The van der Waals surface area contributed by atoms with Gasteiger partial charge in [-0.05, 0) is 6.07 Å². The molecule has 4 unspecified atom stereocenters. The first-order valence-corrected chi connectivity index (χ1v) is 7.03. The van der Waals surface area contributed by atoms with E-state index in [0.717, 1.165) is 5.56 Å². The van der Waals surface area contributed by atoms with Crippen molar-refractivity contribution in [2.24, 2.45) is 0 Å². The van der Waals surface area contributed by atoms with Gasteiger partial charge in [-0.25, -0.2) is 15.0 Å². The smallest absolute Gasteiger partial charge is 0.166 e. The zero-order valence-electron chi connectivity index (χ0n) is 11.9. The molecule has 0 aromatic carbocycles. The summed E-state index contributed by atoms with van der Waals surface area (Å²) in [6.45, 7) is -0.392. The van der Waals surface area contributed by atoms with E-state index in [1.807, 2.05) is 0 Å². The van der Waals surface area contributed by atoms with E-state index >= 15 is 0 Å². The van der Waals surface area contributed by atoms with Crippen molar-refractivity contribution in [3.05, 3.63) is 31.2 Å². The molecule has 1 saturated heterocycles. The second-order valence-electron chi connectivity index (χ2n) is 5.29. The van der Waals surface area contributed by atoms with Gasteiger partial charge in [0.2, 0.25) is 0 Å². The molecule has 0 aliphatic carbocycles. The summed E-state index contributed by atoms with van der Waals surface area (Å²) in [5.41, 5.74) is 2.32. The van der Waals surface area contributed by atoms with E-state index in [0.29, 0.717) is 16.9 Å². The van der Waals surface area contributed by atoms with Crippen LogP contribution in [0.5, 0.6) is 0 Å². The summed E-state index contributed by atoms with van der Waals surface area (Å²) in [5, 5.41) is 29.2. The lowest BCUT2D eigenvalue weighted by atomic mass is 10.1. The van der Waals surface area contributed by atoms with Crippen LogP contribution in [0.1, 0.15) is 6.23 Å². The number of imidazole rings is 1. The van der Waals surface area contributed by atoms with Crippen LogP contribution in [0.25, 0.3) is 22.4 Å². The van der Waals surface area contributed by atoms with E-state index in [4.69, 9.17) is 9.15 Å². The van der Waals surface area contributed by atoms with Gasteiger partial charge in [-0.1, -0.05) is 0 Å². The number of hydrogen-bond donors (Lipinski definition) is 3. The summed E-state index contributed by atoms with van der Waals surface area (Å²) in [7, 11) is 0. The lowest BCUT2D eigenvalue weighted by Gasteiger charge is -2.16. The predicted octanol–water partition coefficient (Wildman–Crippen LogP) is -0.302. The molecule has 9 heteroatoms. The molecule has 1 aliphatic rings. The maximum atomic E-state index is 10.2. The van der Waals surface area contributed by atoms with Crippen molar-refractivity contribution >= 4 is 11.2 Å². The molecule has 3 aromatic rings. The highest BCUT2D eigenvalue weighted by atomic mass is 16.6. The molecule has 0 saturated carbocycles. The Morgan fingerprint density at radius 1 is 1.17 bits per heavy atom. The average Bonchev–Trinajstić information content (AvgIpc) is 3.28. The van der Waals surface area contributed by atoms with E-state index in [9.17, 15) is 15.3 Å². The van der Waals surface area contributed by atoms with E-state index in [1.54, 1.807) is 12.3 Å². The van der Waals surface area contributed by atoms with Crippen LogP contribution in [-0.2, 0) is 4.74 Å². The maximum Gasteiger partial charge on any atom is 0.166 e. The van der Waals surface area contributed by atoms with Crippen molar-refractivity contribution in [1.29, 1.82) is 0 Å². The molecule has 4 heterocycles. The molecule has 0 radical (unpaired) electrons. The number of ether oxygens (including phenoxy) is 1. The fourth-order valence-electron chi connectivity index (χ4n) is 2.76. The van der Waals surface area contributed by atoms with Crippen LogP contribution in [0.3, 0.4) is 0 Å². The summed E-state index contributed by atoms with van der Waals surface area (Å²) in [6, 6.07) is 1.76. The number of furan rings is 1. The third-order valence-electron chi connectivity index (χ3n) is 3.94. The Bertz CT molecular complexity index is 818. The van der Waals surface area contributed by atoms with Crippen molar-refractivity contribution in [1.82, 2.24) is 19.5 Å². The largest absolute Gasteiger partial charge is 0.472 e. The van der Waals surface area contributed by atoms with Gasteiger partial charge in [-0.2, -0.15) is 0 Å². The highest BCUT2D eigenvalue weighted by Gasteiger charge is 2.44. The van der Waals surface area contributed by atoms with Gasteiger partial charge in [0.25, 0.3) is 0 Å². The summed E-state index contributed by atoms with van der Waals surface area (Å²) in [4.78, 5) is 12.7. The van der Waals surface area contributed by atoms with Crippen LogP contribution < -0.4 is 0 Å². The number of aromatic nitrogens is 4. The maximum absolute atomic E-state index is 10.2.